The van der Waals surface area contributed by atoms with Crippen molar-refractivity contribution in [2.75, 3.05) is 14.1 Å². The van der Waals surface area contributed by atoms with Gasteiger partial charge in [-0.25, -0.2) is 0 Å². The summed E-state index contributed by atoms with van der Waals surface area (Å²) in [4.78, 5) is 2.41. The number of hydrogen-bond donors (Lipinski definition) is 0. The summed E-state index contributed by atoms with van der Waals surface area (Å²) >= 11 is 0. The molecule has 2 fully saturated rings. The van der Waals surface area contributed by atoms with Crippen LogP contribution in [0.3, 0.4) is 0 Å². The van der Waals surface area contributed by atoms with Gasteiger partial charge in [-0.05, 0) is 87.4 Å². The van der Waals surface area contributed by atoms with E-state index in [1.165, 1.54) is 41.4 Å². The molecule has 5 atom stereocenters. The van der Waals surface area contributed by atoms with E-state index in [0.29, 0.717) is 12.0 Å². The zero-order valence-electron chi connectivity index (χ0n) is 20.0. The average Bonchev–Trinajstić information content (AvgIpc) is 3.33. The van der Waals surface area contributed by atoms with Gasteiger partial charge in [-0.15, -0.1) is 0 Å². The molecule has 33 heavy (non-hydrogen) atoms. The molecule has 4 nitrogen and oxygen atoms in total. The van der Waals surface area contributed by atoms with E-state index < -0.39 is 0 Å². The van der Waals surface area contributed by atoms with Gasteiger partial charge >= 0.3 is 0 Å². The lowest BCUT2D eigenvalue weighted by atomic mass is 9.58. The Hall–Kier alpha value is -2.30. The molecular weight excluding hydrogens is 406 g/mol. The molecular formula is C29H33N3O. The fourth-order valence-electron chi connectivity index (χ4n) is 8.01. The van der Waals surface area contributed by atoms with Crippen LogP contribution in [-0.2, 0) is 4.74 Å². The maximum Gasteiger partial charge on any atom is 0.0980 e. The van der Waals surface area contributed by atoms with Crippen molar-refractivity contribution in [3.63, 3.8) is 0 Å². The minimum absolute atomic E-state index is 0.0346. The molecule has 1 aromatic carbocycles. The van der Waals surface area contributed by atoms with E-state index in [2.05, 4.69) is 72.5 Å². The van der Waals surface area contributed by atoms with Crippen LogP contribution < -0.4 is 0 Å². The summed E-state index contributed by atoms with van der Waals surface area (Å²) in [6.07, 6.45) is 19.5. The predicted octanol–water partition coefficient (Wildman–Crippen LogP) is 5.71. The molecule has 2 unspecified atom stereocenters. The van der Waals surface area contributed by atoms with E-state index in [4.69, 9.17) is 4.74 Å². The average molecular weight is 440 g/mol. The highest BCUT2D eigenvalue weighted by Crippen LogP contribution is 2.67. The van der Waals surface area contributed by atoms with E-state index >= 15 is 0 Å². The van der Waals surface area contributed by atoms with Crippen LogP contribution in [0.4, 0.5) is 0 Å². The molecule has 2 spiro atoms. The van der Waals surface area contributed by atoms with Gasteiger partial charge in [-0.1, -0.05) is 37.3 Å². The molecule has 1 aromatic heterocycles. The summed E-state index contributed by atoms with van der Waals surface area (Å²) < 4.78 is 7.38. The van der Waals surface area contributed by atoms with Gasteiger partial charge in [0.1, 0.15) is 0 Å². The van der Waals surface area contributed by atoms with E-state index in [1.807, 2.05) is 12.4 Å². The first-order chi connectivity index (χ1) is 15.9. The molecule has 2 aliphatic heterocycles. The molecule has 3 heterocycles. The lowest BCUT2D eigenvalue weighted by Gasteiger charge is -2.54. The SMILES string of the molecule is CN(C)C1CCC2=CC3=CCC4(C)C(c5ccc6cnncc6c5)=CC[C@H]4[C@@]34CC[C@]2(C1)O4. The Morgan fingerprint density at radius 1 is 1.06 bits per heavy atom. The lowest BCUT2D eigenvalue weighted by molar-refractivity contribution is -0.134. The molecule has 1 saturated carbocycles. The first kappa shape index (κ1) is 20.1. The van der Waals surface area contributed by atoms with Crippen LogP contribution in [-0.4, -0.2) is 46.4 Å². The van der Waals surface area contributed by atoms with Crippen molar-refractivity contribution in [2.45, 2.75) is 69.1 Å². The standard InChI is InChI=1S/C29H33N3O/c1-27-11-10-23-15-22-6-7-24(32(2)3)16-28(22)12-13-29(23,33-28)26(27)9-8-25(27)19-4-5-20-17-30-31-18-21(20)14-19/h4-5,8,10,14-15,17-18,24,26H,6-7,9,11-13,16H2,1-3H3/t24?,26-,27?,28-,29-/m1/s1. The molecule has 2 aromatic rings. The van der Waals surface area contributed by atoms with Crippen molar-refractivity contribution in [3.8, 4) is 0 Å². The topological polar surface area (TPSA) is 38.2 Å². The third-order valence-corrected chi connectivity index (χ3v) is 9.83. The Morgan fingerprint density at radius 3 is 2.76 bits per heavy atom. The Bertz CT molecular complexity index is 1260. The van der Waals surface area contributed by atoms with Gasteiger partial charge in [0.05, 0.1) is 23.6 Å². The van der Waals surface area contributed by atoms with Crippen LogP contribution in [0.1, 0.15) is 57.4 Å². The van der Waals surface area contributed by atoms with E-state index in [1.54, 1.807) is 5.57 Å². The molecule has 4 heteroatoms. The minimum atomic E-state index is -0.120. The molecule has 2 bridgehead atoms. The second kappa shape index (κ2) is 6.64. The maximum absolute atomic E-state index is 7.38. The van der Waals surface area contributed by atoms with E-state index in [9.17, 15) is 0 Å². The first-order valence-corrected chi connectivity index (χ1v) is 12.6. The van der Waals surface area contributed by atoms with Crippen molar-refractivity contribution in [1.29, 1.82) is 0 Å². The van der Waals surface area contributed by atoms with E-state index in [-0.39, 0.29) is 16.6 Å². The highest BCUT2D eigenvalue weighted by atomic mass is 16.5. The van der Waals surface area contributed by atoms with E-state index in [0.717, 1.165) is 31.1 Å². The molecule has 5 aliphatic rings. The van der Waals surface area contributed by atoms with Crippen LogP contribution in [0.15, 0.2) is 60.0 Å². The predicted molar refractivity (Wildman–Crippen MR) is 132 cm³/mol. The number of rotatable bonds is 2. The monoisotopic (exact) mass is 439 g/mol. The summed E-state index contributed by atoms with van der Waals surface area (Å²) in [5.41, 5.74) is 5.83. The summed E-state index contributed by atoms with van der Waals surface area (Å²) in [5, 5.41) is 10.5. The number of ether oxygens (including phenoxy) is 1. The molecule has 0 amide bonds. The Balaban J connectivity index is 1.28. The normalized spacial score (nSPS) is 39.0. The van der Waals surface area contributed by atoms with Gasteiger partial charge in [-0.2, -0.15) is 10.2 Å². The Labute approximate surface area is 196 Å². The first-order valence-electron chi connectivity index (χ1n) is 12.6. The quantitative estimate of drug-likeness (QED) is 0.601. The number of aromatic nitrogens is 2. The van der Waals surface area contributed by atoms with Gasteiger partial charge in [0, 0.05) is 28.1 Å². The number of benzene rings is 1. The van der Waals surface area contributed by atoms with Crippen molar-refractivity contribution >= 4 is 16.3 Å². The molecule has 7 rings (SSSR count). The fraction of sp³-hybridized carbons (Fsp3) is 0.517. The number of fused-ring (bicyclic) bond motifs is 2. The lowest BCUT2D eigenvalue weighted by Crippen LogP contribution is -2.54. The number of allylic oxidation sites excluding steroid dienone is 3. The third-order valence-electron chi connectivity index (χ3n) is 9.83. The Kier molecular flexibility index (Phi) is 4.05. The Morgan fingerprint density at radius 2 is 1.91 bits per heavy atom. The number of hydrogen-bond acceptors (Lipinski definition) is 4. The van der Waals surface area contributed by atoms with Crippen LogP contribution in [0.25, 0.3) is 16.3 Å². The third kappa shape index (κ3) is 2.60. The molecule has 0 N–H and O–H groups in total. The second-order valence-corrected chi connectivity index (χ2v) is 11.5. The summed E-state index contributed by atoms with van der Waals surface area (Å²) in [7, 11) is 4.46. The van der Waals surface area contributed by atoms with Crippen molar-refractivity contribution in [1.82, 2.24) is 15.1 Å². The van der Waals surface area contributed by atoms with Gasteiger partial charge in [0.15, 0.2) is 0 Å². The highest BCUT2D eigenvalue weighted by Gasteiger charge is 2.65. The zero-order valence-corrected chi connectivity index (χ0v) is 20.0. The highest BCUT2D eigenvalue weighted by molar-refractivity contribution is 5.86. The van der Waals surface area contributed by atoms with Crippen LogP contribution >= 0.6 is 0 Å². The summed E-state index contributed by atoms with van der Waals surface area (Å²) in [5.74, 6) is 0.503. The fourth-order valence-corrected chi connectivity index (χ4v) is 8.01. The molecule has 0 radical (unpaired) electrons. The van der Waals surface area contributed by atoms with Gasteiger partial charge in [-0.3, -0.25) is 0 Å². The number of nitrogens with zero attached hydrogens (tertiary/aromatic N) is 3. The van der Waals surface area contributed by atoms with Crippen LogP contribution in [0.2, 0.25) is 0 Å². The molecule has 170 valence electrons. The smallest absolute Gasteiger partial charge is 0.0980 e. The minimum Gasteiger partial charge on any atom is -0.359 e. The molecule has 1 saturated heterocycles. The van der Waals surface area contributed by atoms with Gasteiger partial charge < -0.3 is 9.64 Å². The van der Waals surface area contributed by atoms with Crippen molar-refractivity contribution in [2.24, 2.45) is 11.3 Å². The van der Waals surface area contributed by atoms with Crippen molar-refractivity contribution in [3.05, 3.63) is 65.5 Å². The summed E-state index contributed by atoms with van der Waals surface area (Å²) in [6, 6.07) is 7.40. The van der Waals surface area contributed by atoms with Crippen LogP contribution in [0, 0.1) is 11.3 Å². The molecule has 3 aliphatic carbocycles. The van der Waals surface area contributed by atoms with Gasteiger partial charge in [0.2, 0.25) is 0 Å². The van der Waals surface area contributed by atoms with Crippen molar-refractivity contribution < 1.29 is 4.74 Å². The van der Waals surface area contributed by atoms with Gasteiger partial charge in [0.25, 0.3) is 0 Å². The zero-order chi connectivity index (χ0) is 22.4. The largest absolute Gasteiger partial charge is 0.359 e. The maximum atomic E-state index is 7.38. The second-order valence-electron chi connectivity index (χ2n) is 11.5. The van der Waals surface area contributed by atoms with Crippen LogP contribution in [0.5, 0.6) is 0 Å². The summed E-state index contributed by atoms with van der Waals surface area (Å²) in [6.45, 7) is 2.49.